The molecule has 0 radical (unpaired) electrons. The molecule has 0 amide bonds. The fourth-order valence-corrected chi connectivity index (χ4v) is 4.72. The van der Waals surface area contributed by atoms with E-state index in [0.29, 0.717) is 41.0 Å². The fourth-order valence-electron chi connectivity index (χ4n) is 2.93. The summed E-state index contributed by atoms with van der Waals surface area (Å²) >= 11 is 1.44. The highest BCUT2D eigenvalue weighted by Crippen LogP contribution is 2.22. The molecule has 0 saturated carbocycles. The van der Waals surface area contributed by atoms with Crippen LogP contribution in [0.15, 0.2) is 34.2 Å². The van der Waals surface area contributed by atoms with E-state index in [1.807, 2.05) is 28.7 Å². The summed E-state index contributed by atoms with van der Waals surface area (Å²) in [5, 5.41) is 9.84. The van der Waals surface area contributed by atoms with Crippen molar-refractivity contribution in [1.82, 2.24) is 23.9 Å². The Morgan fingerprint density at radius 3 is 2.68 bits per heavy atom. The first kappa shape index (κ1) is 20.8. The lowest BCUT2D eigenvalue weighted by atomic mass is 10.1. The molecule has 0 bridgehead atoms. The quantitative estimate of drug-likeness (QED) is 0.418. The smallest absolute Gasteiger partial charge is 0.262 e. The number of hydrogen-bond acceptors (Lipinski definition) is 6. The van der Waals surface area contributed by atoms with E-state index in [-0.39, 0.29) is 11.3 Å². The van der Waals surface area contributed by atoms with Crippen LogP contribution in [0.3, 0.4) is 0 Å². The van der Waals surface area contributed by atoms with Crippen LogP contribution in [-0.2, 0) is 16.6 Å². The number of hydrogen-bond donors (Lipinski definition) is 1. The lowest BCUT2D eigenvalue weighted by Gasteiger charge is -2.12. The minimum atomic E-state index is -3.22. The fraction of sp³-hybridized carbons (Fsp3) is 0.500. The molecule has 28 heavy (non-hydrogen) atoms. The first-order chi connectivity index (χ1) is 13.3. The molecule has 0 fully saturated rings. The molecule has 0 spiro atoms. The molecule has 0 aliphatic carbocycles. The molecule has 152 valence electrons. The molecular weight excluding hydrogens is 398 g/mol. The highest BCUT2D eigenvalue weighted by atomic mass is 32.2. The molecule has 2 aromatic heterocycles. The summed E-state index contributed by atoms with van der Waals surface area (Å²) in [7, 11) is -1.80. The van der Waals surface area contributed by atoms with Gasteiger partial charge in [0.2, 0.25) is 15.8 Å². The van der Waals surface area contributed by atoms with E-state index in [2.05, 4.69) is 28.8 Å². The number of benzene rings is 1. The lowest BCUT2D eigenvalue weighted by molar-refractivity contribution is 0.512. The van der Waals surface area contributed by atoms with E-state index in [4.69, 9.17) is 0 Å². The number of aromatic nitrogens is 4. The van der Waals surface area contributed by atoms with Gasteiger partial charge in [0.05, 0.1) is 16.7 Å². The Morgan fingerprint density at radius 2 is 1.96 bits per heavy atom. The average Bonchev–Trinajstić information content (AvgIpc) is 3.09. The SMILES string of the molecule is CNS(=O)(=O)CCCSc1nnc2n(CCC(C)C)c(=O)c3ccccc3n12. The largest absolute Gasteiger partial charge is 0.276 e. The Bertz CT molecular complexity index is 1140. The molecule has 0 saturated heterocycles. The topological polar surface area (TPSA) is 98.4 Å². The molecule has 1 N–H and O–H groups in total. The van der Waals surface area contributed by atoms with E-state index in [1.54, 1.807) is 4.57 Å². The van der Waals surface area contributed by atoms with Gasteiger partial charge in [-0.25, -0.2) is 13.1 Å². The van der Waals surface area contributed by atoms with Crippen LogP contribution in [0.2, 0.25) is 0 Å². The van der Waals surface area contributed by atoms with Crippen molar-refractivity contribution in [3.63, 3.8) is 0 Å². The van der Waals surface area contributed by atoms with Gasteiger partial charge in [-0.15, -0.1) is 10.2 Å². The average molecular weight is 424 g/mol. The van der Waals surface area contributed by atoms with Crippen molar-refractivity contribution >= 4 is 38.5 Å². The van der Waals surface area contributed by atoms with Gasteiger partial charge in [-0.2, -0.15) is 0 Å². The van der Waals surface area contributed by atoms with Gasteiger partial charge in [0.25, 0.3) is 5.56 Å². The van der Waals surface area contributed by atoms with Gasteiger partial charge in [-0.05, 0) is 37.9 Å². The summed E-state index contributed by atoms with van der Waals surface area (Å²) in [6.07, 6.45) is 1.36. The Hall–Kier alpha value is -1.91. The van der Waals surface area contributed by atoms with Crippen molar-refractivity contribution in [2.75, 3.05) is 18.6 Å². The van der Waals surface area contributed by atoms with Crippen LogP contribution < -0.4 is 10.3 Å². The summed E-state index contributed by atoms with van der Waals surface area (Å²) in [6, 6.07) is 7.43. The van der Waals surface area contributed by atoms with Gasteiger partial charge in [-0.1, -0.05) is 37.7 Å². The van der Waals surface area contributed by atoms with Crippen LogP contribution in [0, 0.1) is 5.92 Å². The zero-order chi connectivity index (χ0) is 20.3. The second-order valence-electron chi connectivity index (χ2n) is 7.00. The number of para-hydroxylation sites is 1. The van der Waals surface area contributed by atoms with Crippen LogP contribution in [-0.4, -0.2) is 46.1 Å². The molecule has 0 unspecified atom stereocenters. The number of sulfonamides is 1. The number of rotatable bonds is 9. The third-order valence-corrected chi connectivity index (χ3v) is 6.97. The summed E-state index contributed by atoms with van der Waals surface area (Å²) < 4.78 is 29.0. The predicted molar refractivity (Wildman–Crippen MR) is 112 cm³/mol. The second-order valence-corrected chi connectivity index (χ2v) is 10.1. The van der Waals surface area contributed by atoms with Gasteiger partial charge in [0.1, 0.15) is 0 Å². The van der Waals surface area contributed by atoms with Crippen molar-refractivity contribution < 1.29 is 8.42 Å². The van der Waals surface area contributed by atoms with E-state index < -0.39 is 10.0 Å². The van der Waals surface area contributed by atoms with Crippen LogP contribution in [0.25, 0.3) is 16.7 Å². The molecule has 8 nitrogen and oxygen atoms in total. The standard InChI is InChI=1S/C18H25N5O3S2/c1-13(2)9-10-22-16(24)14-7-4-5-8-15(14)23-17(22)20-21-18(23)27-11-6-12-28(25,26)19-3/h4-5,7-8,13,19H,6,9-12H2,1-3H3. The summed E-state index contributed by atoms with van der Waals surface area (Å²) in [5.41, 5.74) is 0.700. The van der Waals surface area contributed by atoms with Gasteiger partial charge < -0.3 is 0 Å². The Kier molecular flexibility index (Phi) is 6.41. The van der Waals surface area contributed by atoms with Crippen LogP contribution >= 0.6 is 11.8 Å². The van der Waals surface area contributed by atoms with Gasteiger partial charge in [-0.3, -0.25) is 13.8 Å². The van der Waals surface area contributed by atoms with Gasteiger partial charge >= 0.3 is 0 Å². The maximum absolute atomic E-state index is 13.0. The second kappa shape index (κ2) is 8.62. The van der Waals surface area contributed by atoms with Gasteiger partial charge in [0, 0.05) is 12.3 Å². The van der Waals surface area contributed by atoms with Crippen molar-refractivity contribution in [2.24, 2.45) is 5.92 Å². The highest BCUT2D eigenvalue weighted by Gasteiger charge is 2.17. The monoisotopic (exact) mass is 423 g/mol. The molecule has 0 atom stereocenters. The lowest BCUT2D eigenvalue weighted by Crippen LogP contribution is -2.24. The van der Waals surface area contributed by atoms with Crippen LogP contribution in [0.4, 0.5) is 0 Å². The number of nitrogens with one attached hydrogen (secondary N) is 1. The number of aryl methyl sites for hydroxylation is 1. The molecule has 3 aromatic rings. The van der Waals surface area contributed by atoms with Gasteiger partial charge in [0.15, 0.2) is 5.16 Å². The third-order valence-electron chi connectivity index (χ3n) is 4.51. The Balaban J connectivity index is 1.98. The molecular formula is C18H25N5O3S2. The minimum absolute atomic E-state index is 0.0622. The van der Waals surface area contributed by atoms with E-state index >= 15 is 0 Å². The molecule has 3 rings (SSSR count). The van der Waals surface area contributed by atoms with Crippen molar-refractivity contribution in [3.05, 3.63) is 34.6 Å². The molecule has 2 heterocycles. The predicted octanol–water partition coefficient (Wildman–Crippen LogP) is 2.12. The van der Waals surface area contributed by atoms with Crippen LogP contribution in [0.1, 0.15) is 26.7 Å². The normalized spacial score (nSPS) is 12.4. The minimum Gasteiger partial charge on any atom is -0.276 e. The molecule has 0 aliphatic rings. The zero-order valence-corrected chi connectivity index (χ0v) is 17.9. The van der Waals surface area contributed by atoms with Crippen molar-refractivity contribution in [3.8, 4) is 0 Å². The van der Waals surface area contributed by atoms with E-state index in [0.717, 1.165) is 11.9 Å². The number of thioether (sulfide) groups is 1. The first-order valence-corrected chi connectivity index (χ1v) is 11.9. The van der Waals surface area contributed by atoms with Crippen LogP contribution in [0.5, 0.6) is 0 Å². The summed E-state index contributed by atoms with van der Waals surface area (Å²) in [4.78, 5) is 13.0. The highest BCUT2D eigenvalue weighted by molar-refractivity contribution is 7.99. The molecule has 10 heteroatoms. The molecule has 0 aliphatic heterocycles. The third kappa shape index (κ3) is 4.39. The van der Waals surface area contributed by atoms with Crippen molar-refractivity contribution in [1.29, 1.82) is 0 Å². The maximum Gasteiger partial charge on any atom is 0.262 e. The number of fused-ring (bicyclic) bond motifs is 3. The zero-order valence-electron chi connectivity index (χ0n) is 16.3. The summed E-state index contributed by atoms with van der Waals surface area (Å²) in [5.74, 6) is 1.63. The Labute approximate surface area is 168 Å². The molecule has 1 aromatic carbocycles. The number of nitrogens with zero attached hydrogens (tertiary/aromatic N) is 4. The Morgan fingerprint density at radius 1 is 1.21 bits per heavy atom. The van der Waals surface area contributed by atoms with E-state index in [1.165, 1.54) is 18.8 Å². The van der Waals surface area contributed by atoms with E-state index in [9.17, 15) is 13.2 Å². The first-order valence-electron chi connectivity index (χ1n) is 9.24. The maximum atomic E-state index is 13.0. The van der Waals surface area contributed by atoms with Crippen molar-refractivity contribution in [2.45, 2.75) is 38.4 Å². The summed E-state index contributed by atoms with van der Waals surface area (Å²) in [6.45, 7) is 4.81.